The molecule has 0 radical (unpaired) electrons. The summed E-state index contributed by atoms with van der Waals surface area (Å²) in [6, 6.07) is 6.30. The summed E-state index contributed by atoms with van der Waals surface area (Å²) in [5, 5.41) is 7.95. The van der Waals surface area contributed by atoms with Crippen LogP contribution in [0.4, 0.5) is 4.79 Å². The predicted octanol–water partition coefficient (Wildman–Crippen LogP) is 1.27. The van der Waals surface area contributed by atoms with Crippen molar-refractivity contribution >= 4 is 24.1 Å². The van der Waals surface area contributed by atoms with E-state index in [9.17, 15) is 14.4 Å². The van der Waals surface area contributed by atoms with Gasteiger partial charge in [-0.15, -0.1) is 0 Å². The lowest BCUT2D eigenvalue weighted by molar-refractivity contribution is -0.125. The average molecular weight is 439 g/mol. The third kappa shape index (κ3) is 3.62. The number of aryl methyl sites for hydroxylation is 1. The first kappa shape index (κ1) is 21.6. The zero-order valence-corrected chi connectivity index (χ0v) is 18.3. The number of benzene rings is 1. The van der Waals surface area contributed by atoms with Crippen LogP contribution in [0.5, 0.6) is 5.75 Å². The zero-order chi connectivity index (χ0) is 23.0. The predicted molar refractivity (Wildman–Crippen MR) is 116 cm³/mol. The largest absolute Gasteiger partial charge is 0.497 e. The van der Waals surface area contributed by atoms with E-state index in [0.717, 1.165) is 5.56 Å². The van der Waals surface area contributed by atoms with Gasteiger partial charge in [0.2, 0.25) is 0 Å². The molecule has 2 aliphatic heterocycles. The van der Waals surface area contributed by atoms with E-state index in [4.69, 9.17) is 9.15 Å². The van der Waals surface area contributed by atoms with E-state index in [0.29, 0.717) is 29.2 Å². The lowest BCUT2D eigenvalue weighted by Crippen LogP contribution is -2.52. The third-order valence-corrected chi connectivity index (χ3v) is 5.80. The number of methoxy groups -OCH3 is 1. The van der Waals surface area contributed by atoms with Gasteiger partial charge >= 0.3 is 6.03 Å². The Bertz CT molecular complexity index is 1120. The Kier molecular flexibility index (Phi) is 5.47. The number of urea groups is 1. The standard InChI is InChI=1S/C22H25N5O5/c1-12-15(9-24-13(2)23-3)7-18(32-12)22(20(29)25-21(30)26-22)11-27-10-14-5-6-16(31-4)8-17(14)19(27)28/h5-9,13,23H,10-11H2,1-4H3,(H2,25,26,29,30)/b24-9-/t13?,22-/m0/s1. The second-order valence-electron chi connectivity index (χ2n) is 7.86. The molecule has 10 nitrogen and oxygen atoms in total. The van der Waals surface area contributed by atoms with Crippen LogP contribution in [0.25, 0.3) is 0 Å². The Hall–Kier alpha value is -3.66. The number of hydrogen-bond donors (Lipinski definition) is 3. The topological polar surface area (TPSA) is 125 Å². The molecule has 1 fully saturated rings. The van der Waals surface area contributed by atoms with Crippen LogP contribution in [0.15, 0.2) is 33.7 Å². The van der Waals surface area contributed by atoms with Gasteiger partial charge < -0.3 is 19.4 Å². The molecule has 2 aromatic rings. The maximum absolute atomic E-state index is 13.1. The molecule has 3 N–H and O–H groups in total. The van der Waals surface area contributed by atoms with Crippen LogP contribution in [0.3, 0.4) is 0 Å². The van der Waals surface area contributed by atoms with Crippen molar-refractivity contribution in [3.63, 3.8) is 0 Å². The summed E-state index contributed by atoms with van der Waals surface area (Å²) in [6.07, 6.45) is 1.54. The van der Waals surface area contributed by atoms with Crippen LogP contribution in [-0.2, 0) is 16.9 Å². The molecule has 0 aliphatic carbocycles. The zero-order valence-electron chi connectivity index (χ0n) is 18.3. The van der Waals surface area contributed by atoms with E-state index in [2.05, 4.69) is 20.9 Å². The molecule has 32 heavy (non-hydrogen) atoms. The number of hydrogen-bond acceptors (Lipinski definition) is 7. The van der Waals surface area contributed by atoms with Gasteiger partial charge in [-0.1, -0.05) is 6.07 Å². The van der Waals surface area contributed by atoms with E-state index in [1.165, 1.54) is 12.0 Å². The maximum Gasteiger partial charge on any atom is 0.322 e. The first-order chi connectivity index (χ1) is 15.3. The summed E-state index contributed by atoms with van der Waals surface area (Å²) in [6.45, 7) is 3.86. The minimum Gasteiger partial charge on any atom is -0.497 e. The first-order valence-corrected chi connectivity index (χ1v) is 10.2. The van der Waals surface area contributed by atoms with E-state index >= 15 is 0 Å². The molecular weight excluding hydrogens is 414 g/mol. The fraction of sp³-hybridized carbons (Fsp3) is 0.364. The second kappa shape index (κ2) is 8.12. The molecule has 0 saturated carbocycles. The van der Waals surface area contributed by atoms with Gasteiger partial charge in [0, 0.05) is 23.9 Å². The highest BCUT2D eigenvalue weighted by molar-refractivity contribution is 6.08. The van der Waals surface area contributed by atoms with Crippen molar-refractivity contribution in [3.8, 4) is 5.75 Å². The number of nitrogens with one attached hydrogen (secondary N) is 3. The molecule has 10 heteroatoms. The normalized spacial score (nSPS) is 21.1. The van der Waals surface area contributed by atoms with Gasteiger partial charge in [-0.25, -0.2) is 4.79 Å². The number of imide groups is 1. The molecule has 4 amide bonds. The average Bonchev–Trinajstić information content (AvgIpc) is 3.40. The van der Waals surface area contributed by atoms with E-state index in [1.54, 1.807) is 38.4 Å². The fourth-order valence-electron chi connectivity index (χ4n) is 3.84. The van der Waals surface area contributed by atoms with Crippen molar-refractivity contribution < 1.29 is 23.5 Å². The summed E-state index contributed by atoms with van der Waals surface area (Å²) in [7, 11) is 3.33. The molecule has 1 aromatic heterocycles. The van der Waals surface area contributed by atoms with Gasteiger partial charge in [0.05, 0.1) is 19.8 Å². The number of carbonyl (C=O) groups excluding carboxylic acids is 3. The number of aliphatic imine (C=N–C) groups is 1. The van der Waals surface area contributed by atoms with Gasteiger partial charge in [-0.3, -0.25) is 25.2 Å². The highest BCUT2D eigenvalue weighted by atomic mass is 16.5. The van der Waals surface area contributed by atoms with Crippen molar-refractivity contribution in [1.82, 2.24) is 20.9 Å². The maximum atomic E-state index is 13.1. The van der Waals surface area contributed by atoms with Crippen molar-refractivity contribution in [2.24, 2.45) is 4.99 Å². The lowest BCUT2D eigenvalue weighted by atomic mass is 9.95. The molecule has 0 bridgehead atoms. The SMILES string of the molecule is CNC(C)/N=C\c1cc([C@]2(CN3Cc4ccc(OC)cc4C3=O)NC(=O)NC2=O)oc1C. The molecule has 168 valence electrons. The number of amides is 4. The highest BCUT2D eigenvalue weighted by Crippen LogP contribution is 2.34. The van der Waals surface area contributed by atoms with Gasteiger partial charge in [-0.2, -0.15) is 0 Å². The van der Waals surface area contributed by atoms with Crippen LogP contribution >= 0.6 is 0 Å². The molecule has 1 saturated heterocycles. The summed E-state index contributed by atoms with van der Waals surface area (Å²) in [4.78, 5) is 44.0. The van der Waals surface area contributed by atoms with Crippen LogP contribution < -0.4 is 20.7 Å². The Morgan fingerprint density at radius 2 is 2.12 bits per heavy atom. The quantitative estimate of drug-likeness (QED) is 0.441. The number of carbonyl (C=O) groups is 3. The van der Waals surface area contributed by atoms with Crippen molar-refractivity contribution in [2.45, 2.75) is 32.1 Å². The van der Waals surface area contributed by atoms with Gasteiger partial charge in [0.15, 0.2) is 5.54 Å². The minimum atomic E-state index is -1.55. The smallest absolute Gasteiger partial charge is 0.322 e. The van der Waals surface area contributed by atoms with Crippen molar-refractivity contribution in [1.29, 1.82) is 0 Å². The van der Waals surface area contributed by atoms with Gasteiger partial charge in [0.1, 0.15) is 17.3 Å². The van der Waals surface area contributed by atoms with Gasteiger partial charge in [-0.05, 0) is 44.7 Å². The first-order valence-electron chi connectivity index (χ1n) is 10.2. The monoisotopic (exact) mass is 439 g/mol. The molecule has 1 aromatic carbocycles. The van der Waals surface area contributed by atoms with Crippen LogP contribution in [0, 0.1) is 6.92 Å². The lowest BCUT2D eigenvalue weighted by Gasteiger charge is -2.29. The summed E-state index contributed by atoms with van der Waals surface area (Å²) >= 11 is 0. The van der Waals surface area contributed by atoms with Gasteiger partial charge in [0.25, 0.3) is 11.8 Å². The van der Waals surface area contributed by atoms with Crippen LogP contribution in [0.1, 0.15) is 39.9 Å². The van der Waals surface area contributed by atoms with Crippen LogP contribution in [0.2, 0.25) is 0 Å². The molecule has 2 aliphatic rings. The number of fused-ring (bicyclic) bond motifs is 1. The molecule has 4 rings (SSSR count). The third-order valence-electron chi connectivity index (χ3n) is 5.80. The molecule has 0 spiro atoms. The molecular formula is C22H25N5O5. The molecule has 1 unspecified atom stereocenters. The van der Waals surface area contributed by atoms with E-state index in [-0.39, 0.29) is 24.4 Å². The Labute approximate surface area is 185 Å². The molecule has 3 heterocycles. The number of rotatable bonds is 7. The number of nitrogens with zero attached hydrogens (tertiary/aromatic N) is 2. The van der Waals surface area contributed by atoms with E-state index < -0.39 is 17.5 Å². The Morgan fingerprint density at radius 3 is 2.78 bits per heavy atom. The summed E-state index contributed by atoms with van der Waals surface area (Å²) in [5.74, 6) is 0.520. The Morgan fingerprint density at radius 1 is 1.34 bits per heavy atom. The Balaban J connectivity index is 1.67. The summed E-state index contributed by atoms with van der Waals surface area (Å²) < 4.78 is 11.1. The van der Waals surface area contributed by atoms with Crippen LogP contribution in [-0.4, -0.2) is 55.8 Å². The summed E-state index contributed by atoms with van der Waals surface area (Å²) in [5.41, 5.74) is 0.453. The van der Waals surface area contributed by atoms with E-state index in [1.807, 2.05) is 13.0 Å². The number of furan rings is 1. The number of ether oxygens (including phenoxy) is 1. The molecule has 2 atom stereocenters. The minimum absolute atomic E-state index is 0.0865. The van der Waals surface area contributed by atoms with Crippen molar-refractivity contribution in [2.75, 3.05) is 20.7 Å². The van der Waals surface area contributed by atoms with Crippen molar-refractivity contribution in [3.05, 3.63) is 52.5 Å². The highest BCUT2D eigenvalue weighted by Gasteiger charge is 2.53. The fourth-order valence-corrected chi connectivity index (χ4v) is 3.84. The second-order valence-corrected chi connectivity index (χ2v) is 7.86.